The average molecular weight is 242 g/mol. The summed E-state index contributed by atoms with van der Waals surface area (Å²) in [6, 6.07) is 8.25. The summed E-state index contributed by atoms with van der Waals surface area (Å²) >= 11 is 0. The maximum atomic E-state index is 12.0. The largest absolute Gasteiger partial charge is 0.294 e. The van der Waals surface area contributed by atoms with Crippen LogP contribution in [0.25, 0.3) is 0 Å². The lowest BCUT2D eigenvalue weighted by Gasteiger charge is -2.06. The molecule has 0 unspecified atom stereocenters. The lowest BCUT2D eigenvalue weighted by molar-refractivity contribution is 0.0993. The zero-order chi connectivity index (χ0) is 13.1. The van der Waals surface area contributed by atoms with Crippen molar-refractivity contribution in [3.8, 4) is 0 Å². The number of benzene rings is 1. The second kappa shape index (κ2) is 5.17. The normalized spacial score (nSPS) is 10.9. The molecule has 0 saturated carbocycles. The van der Waals surface area contributed by atoms with Crippen molar-refractivity contribution in [1.82, 2.24) is 9.78 Å². The summed E-state index contributed by atoms with van der Waals surface area (Å²) in [5.74, 6) is 0.633. The van der Waals surface area contributed by atoms with Crippen molar-refractivity contribution < 1.29 is 4.79 Å². The number of rotatable bonds is 4. The van der Waals surface area contributed by atoms with Crippen LogP contribution in [0.1, 0.15) is 41.3 Å². The van der Waals surface area contributed by atoms with E-state index in [9.17, 15) is 4.79 Å². The van der Waals surface area contributed by atoms with Crippen molar-refractivity contribution in [2.45, 2.75) is 26.2 Å². The van der Waals surface area contributed by atoms with Gasteiger partial charge < -0.3 is 0 Å². The van der Waals surface area contributed by atoms with Crippen LogP contribution >= 0.6 is 0 Å². The average Bonchev–Trinajstić information content (AvgIpc) is 2.76. The van der Waals surface area contributed by atoms with Crippen LogP contribution in [0.5, 0.6) is 0 Å². The third-order valence-corrected chi connectivity index (χ3v) is 3.04. The third kappa shape index (κ3) is 2.86. The first-order valence-corrected chi connectivity index (χ1v) is 6.17. The molecule has 1 heterocycles. The molecule has 3 heteroatoms. The van der Waals surface area contributed by atoms with E-state index in [1.807, 2.05) is 19.2 Å². The molecule has 0 N–H and O–H groups in total. The van der Waals surface area contributed by atoms with Crippen molar-refractivity contribution in [2.24, 2.45) is 7.05 Å². The van der Waals surface area contributed by atoms with Crippen LogP contribution in [0.2, 0.25) is 0 Å². The first kappa shape index (κ1) is 12.6. The Labute approximate surface area is 107 Å². The summed E-state index contributed by atoms with van der Waals surface area (Å²) in [6.07, 6.45) is 3.81. The molecule has 0 aliphatic carbocycles. The highest BCUT2D eigenvalue weighted by Crippen LogP contribution is 2.15. The minimum atomic E-state index is 0.111. The summed E-state index contributed by atoms with van der Waals surface area (Å²) < 4.78 is 1.65. The van der Waals surface area contributed by atoms with E-state index in [2.05, 4.69) is 31.1 Å². The molecule has 18 heavy (non-hydrogen) atoms. The van der Waals surface area contributed by atoms with Crippen LogP contribution in [-0.4, -0.2) is 15.6 Å². The van der Waals surface area contributed by atoms with Gasteiger partial charge in [0, 0.05) is 19.7 Å². The Kier molecular flexibility index (Phi) is 3.60. The van der Waals surface area contributed by atoms with Gasteiger partial charge in [0.2, 0.25) is 0 Å². The molecule has 2 aromatic rings. The van der Waals surface area contributed by atoms with Crippen molar-refractivity contribution in [1.29, 1.82) is 0 Å². The van der Waals surface area contributed by atoms with E-state index >= 15 is 0 Å². The number of carbonyl (C=O) groups excluding carboxylic acids is 1. The van der Waals surface area contributed by atoms with Gasteiger partial charge in [-0.1, -0.05) is 38.1 Å². The van der Waals surface area contributed by atoms with Gasteiger partial charge in [-0.3, -0.25) is 9.48 Å². The number of hydrogen-bond acceptors (Lipinski definition) is 2. The molecular formula is C15H18N2O. The SMILES string of the molecule is CC(C)c1ccc(CC(=O)c2cnn(C)c2)cc1. The molecule has 0 aliphatic rings. The smallest absolute Gasteiger partial charge is 0.170 e. The molecule has 1 aromatic carbocycles. The first-order chi connectivity index (χ1) is 8.56. The van der Waals surface area contributed by atoms with Crippen LogP contribution in [0, 0.1) is 0 Å². The monoisotopic (exact) mass is 242 g/mol. The fourth-order valence-corrected chi connectivity index (χ4v) is 1.87. The predicted molar refractivity (Wildman–Crippen MR) is 71.8 cm³/mol. The molecule has 3 nitrogen and oxygen atoms in total. The lowest BCUT2D eigenvalue weighted by Crippen LogP contribution is -2.02. The lowest BCUT2D eigenvalue weighted by atomic mass is 9.99. The van der Waals surface area contributed by atoms with E-state index in [-0.39, 0.29) is 5.78 Å². The van der Waals surface area contributed by atoms with E-state index < -0.39 is 0 Å². The summed E-state index contributed by atoms with van der Waals surface area (Å²) in [7, 11) is 1.81. The Bertz CT molecular complexity index is 538. The Morgan fingerprint density at radius 2 is 1.94 bits per heavy atom. The molecule has 0 amide bonds. The van der Waals surface area contributed by atoms with E-state index in [4.69, 9.17) is 0 Å². The van der Waals surface area contributed by atoms with Crippen LogP contribution in [0.3, 0.4) is 0 Å². The number of aryl methyl sites for hydroxylation is 1. The quantitative estimate of drug-likeness (QED) is 0.772. The Balaban J connectivity index is 2.07. The minimum absolute atomic E-state index is 0.111. The molecule has 0 radical (unpaired) electrons. The van der Waals surface area contributed by atoms with Crippen molar-refractivity contribution in [3.05, 3.63) is 53.3 Å². The van der Waals surface area contributed by atoms with E-state index in [1.165, 1.54) is 5.56 Å². The third-order valence-electron chi connectivity index (χ3n) is 3.04. The Hall–Kier alpha value is -1.90. The van der Waals surface area contributed by atoms with Crippen molar-refractivity contribution in [3.63, 3.8) is 0 Å². The van der Waals surface area contributed by atoms with Gasteiger partial charge in [0.1, 0.15) is 0 Å². The maximum Gasteiger partial charge on any atom is 0.170 e. The van der Waals surface area contributed by atoms with E-state index in [0.717, 1.165) is 5.56 Å². The number of nitrogens with zero attached hydrogens (tertiary/aromatic N) is 2. The van der Waals surface area contributed by atoms with E-state index in [0.29, 0.717) is 17.9 Å². The second-order valence-corrected chi connectivity index (χ2v) is 4.90. The fourth-order valence-electron chi connectivity index (χ4n) is 1.87. The van der Waals surface area contributed by atoms with Gasteiger partial charge in [-0.2, -0.15) is 5.10 Å². The highest BCUT2D eigenvalue weighted by Gasteiger charge is 2.09. The molecule has 0 bridgehead atoms. The number of hydrogen-bond donors (Lipinski definition) is 0. The molecule has 0 fully saturated rings. The maximum absolute atomic E-state index is 12.0. The topological polar surface area (TPSA) is 34.9 Å². The van der Waals surface area contributed by atoms with Crippen molar-refractivity contribution in [2.75, 3.05) is 0 Å². The number of aromatic nitrogens is 2. The van der Waals surface area contributed by atoms with Crippen LogP contribution in [0.4, 0.5) is 0 Å². The van der Waals surface area contributed by atoms with Gasteiger partial charge in [0.15, 0.2) is 5.78 Å². The molecule has 2 rings (SSSR count). The van der Waals surface area contributed by atoms with Gasteiger partial charge in [0.05, 0.1) is 11.8 Å². The van der Waals surface area contributed by atoms with Gasteiger partial charge in [-0.05, 0) is 17.0 Å². The summed E-state index contributed by atoms with van der Waals surface area (Å²) in [5.41, 5.74) is 3.02. The second-order valence-electron chi connectivity index (χ2n) is 4.90. The first-order valence-electron chi connectivity index (χ1n) is 6.17. The molecule has 0 spiro atoms. The van der Waals surface area contributed by atoms with Crippen molar-refractivity contribution >= 4 is 5.78 Å². The van der Waals surface area contributed by atoms with Gasteiger partial charge in [-0.15, -0.1) is 0 Å². The minimum Gasteiger partial charge on any atom is -0.294 e. The number of carbonyl (C=O) groups is 1. The molecule has 0 atom stereocenters. The number of ketones is 1. The molecule has 0 saturated heterocycles. The Morgan fingerprint density at radius 1 is 1.28 bits per heavy atom. The summed E-state index contributed by atoms with van der Waals surface area (Å²) in [5, 5.41) is 4.01. The highest BCUT2D eigenvalue weighted by molar-refractivity contribution is 5.97. The zero-order valence-corrected chi connectivity index (χ0v) is 11.1. The standard InChI is InChI=1S/C15H18N2O/c1-11(2)13-6-4-12(5-7-13)8-15(18)14-9-16-17(3)10-14/h4-7,9-11H,8H2,1-3H3. The van der Waals surface area contributed by atoms with Crippen LogP contribution in [0.15, 0.2) is 36.7 Å². The molecule has 1 aromatic heterocycles. The van der Waals surface area contributed by atoms with E-state index in [1.54, 1.807) is 17.1 Å². The Morgan fingerprint density at radius 3 is 2.44 bits per heavy atom. The van der Waals surface area contributed by atoms with Crippen LogP contribution in [-0.2, 0) is 13.5 Å². The molecule has 0 aliphatic heterocycles. The highest BCUT2D eigenvalue weighted by atomic mass is 16.1. The van der Waals surface area contributed by atoms with Gasteiger partial charge in [0.25, 0.3) is 0 Å². The predicted octanol–water partition coefficient (Wildman–Crippen LogP) is 2.97. The zero-order valence-electron chi connectivity index (χ0n) is 11.1. The number of Topliss-reactive ketones (excluding diaryl/α,β-unsaturated/α-hetero) is 1. The summed E-state index contributed by atoms with van der Waals surface area (Å²) in [6.45, 7) is 4.32. The fraction of sp³-hybridized carbons (Fsp3) is 0.333. The molecule has 94 valence electrons. The van der Waals surface area contributed by atoms with Gasteiger partial charge >= 0.3 is 0 Å². The molecular weight excluding hydrogens is 224 g/mol. The van der Waals surface area contributed by atoms with Gasteiger partial charge in [-0.25, -0.2) is 0 Å². The summed E-state index contributed by atoms with van der Waals surface area (Å²) in [4.78, 5) is 12.0. The van der Waals surface area contributed by atoms with Crippen LogP contribution < -0.4 is 0 Å².